The van der Waals surface area contributed by atoms with Gasteiger partial charge in [0.25, 0.3) is 0 Å². The third-order valence-corrected chi connectivity index (χ3v) is 26.0. The van der Waals surface area contributed by atoms with Crippen LogP contribution in [-0.2, 0) is 151 Å². The summed E-state index contributed by atoms with van der Waals surface area (Å²) in [5.41, 5.74) is 0. The molecule has 0 bridgehead atoms. The zero-order valence-electron chi connectivity index (χ0n) is 69.6. The molecule has 16 aliphatic rings. The van der Waals surface area contributed by atoms with Gasteiger partial charge in [0, 0.05) is 174 Å². The van der Waals surface area contributed by atoms with Crippen LogP contribution in [0, 0.1) is 81.8 Å². The number of nitriles is 2. The van der Waals surface area contributed by atoms with E-state index in [2.05, 4.69) is 43.8 Å². The van der Waals surface area contributed by atoms with Crippen molar-refractivity contribution in [3.05, 3.63) is 12.7 Å². The van der Waals surface area contributed by atoms with Crippen LogP contribution in [0.2, 0.25) is 0 Å². The molecule has 0 aromatic heterocycles. The summed E-state index contributed by atoms with van der Waals surface area (Å²) in [4.78, 5) is 24.5. The van der Waals surface area contributed by atoms with Gasteiger partial charge < -0.3 is 9.64 Å². The molecule has 0 amide bonds. The second-order valence-electron chi connectivity index (χ2n) is 35.0. The van der Waals surface area contributed by atoms with Gasteiger partial charge in [-0.25, -0.2) is 0 Å². The summed E-state index contributed by atoms with van der Waals surface area (Å²) in [5.74, 6) is 8.84. The third kappa shape index (κ3) is 65.6. The molecule has 0 aromatic carbocycles. The normalized spacial score (nSPS) is 23.5. The fourth-order valence-electron chi connectivity index (χ4n) is 19.6. The van der Waals surface area contributed by atoms with Gasteiger partial charge in [-0.15, -0.1) is 6.58 Å². The Hall–Kier alpha value is 1.98. The van der Waals surface area contributed by atoms with Gasteiger partial charge in [-0.05, 0) is 145 Å². The second-order valence-corrected chi connectivity index (χ2v) is 35.0. The van der Waals surface area contributed by atoms with E-state index in [0.29, 0.717) is 23.5 Å². The average molecular weight is 1820 g/mol. The van der Waals surface area contributed by atoms with Crippen molar-refractivity contribution in [2.24, 2.45) is 59.2 Å². The Morgan fingerprint density at radius 2 is 0.607 bits per heavy atom. The predicted molar refractivity (Wildman–Crippen MR) is 428 cm³/mol. The number of allylic oxidation sites excluding steroid dienone is 1. The number of carbonyl (C=O) groups excluding carboxylic acids is 2. The summed E-state index contributed by atoms with van der Waals surface area (Å²) in [6.45, 7) is 6.59. The molecule has 638 valence electrons. The minimum atomic E-state index is -0.137. The Morgan fingerprint density at radius 1 is 0.346 bits per heavy atom. The van der Waals surface area contributed by atoms with E-state index >= 15 is 0 Å². The fraction of sp³-hybridized carbons (Fsp3) is 0.935. The standard InChI is InChI=1S/C13H22O.C11H20.C10H19N.C10H18.C7H12O2.2C6H9N.6C5H10.8Fe/c14-13(12-7-3-4-8-12)10-9-11-5-1-2-6-11;1-2-6-10(5-1)9-11-7-3-4-8-11;1-4-9-6-5-7-10(9)8-11(2)3;1-2-6-9(5-1)10-7-3-4-8-10;1-6(8)9-7-4-2-3-5-7;2*7-5-6-3-1-2-4-6;6*1-2-4-5-3-1;;;;;;;;/h11-12H,1-10H2;10-11H,1-9H2;4,9-10H,1,5-8H2,2-3H3;9-10H,1-8H2;7H,2-5H2,1H3;2*6H,1-4H2;6*1-5H2;;;;;;;;. The molecule has 0 heterocycles. The van der Waals surface area contributed by atoms with Crippen molar-refractivity contribution >= 4 is 11.8 Å². The number of rotatable bonds is 11. The predicted octanol–water partition coefficient (Wildman–Crippen LogP) is 29.6. The molecule has 0 radical (unpaired) electrons. The molecule has 2 atom stereocenters. The van der Waals surface area contributed by atoms with Crippen molar-refractivity contribution in [3.63, 3.8) is 0 Å². The van der Waals surface area contributed by atoms with Crippen molar-refractivity contribution in [2.45, 2.75) is 475 Å². The summed E-state index contributed by atoms with van der Waals surface area (Å²) >= 11 is 0. The van der Waals surface area contributed by atoms with Crippen molar-refractivity contribution in [1.29, 1.82) is 10.5 Å². The van der Waals surface area contributed by atoms with Gasteiger partial charge in [0.15, 0.2) is 0 Å². The van der Waals surface area contributed by atoms with E-state index < -0.39 is 0 Å². The Labute approximate surface area is 750 Å². The monoisotopic (exact) mass is 1820 g/mol. The molecule has 2 unspecified atom stereocenters. The maximum atomic E-state index is 11.8. The third-order valence-electron chi connectivity index (χ3n) is 26.0. The maximum Gasteiger partial charge on any atom is 0.302 e. The van der Waals surface area contributed by atoms with Crippen molar-refractivity contribution < 1.29 is 151 Å². The first-order valence-corrected chi connectivity index (χ1v) is 45.4. The van der Waals surface area contributed by atoms with Crippen molar-refractivity contribution in [1.82, 2.24) is 4.90 Å². The first-order valence-electron chi connectivity index (χ1n) is 45.4. The molecule has 0 saturated heterocycles. The van der Waals surface area contributed by atoms with Gasteiger partial charge in [0.05, 0.1) is 12.1 Å². The van der Waals surface area contributed by atoms with E-state index in [9.17, 15) is 9.59 Å². The van der Waals surface area contributed by atoms with Crippen LogP contribution < -0.4 is 0 Å². The van der Waals surface area contributed by atoms with Gasteiger partial charge in [-0.2, -0.15) is 10.5 Å². The topological polar surface area (TPSA) is 94.2 Å². The number of Topliss-reactive ketones (excluding diaryl/α,β-unsaturated/α-hetero) is 1. The summed E-state index contributed by atoms with van der Waals surface area (Å²) in [6, 6.07) is 4.53. The smallest absolute Gasteiger partial charge is 0.302 e. The molecule has 0 aromatic rings. The molecule has 0 N–H and O–H groups in total. The van der Waals surface area contributed by atoms with E-state index in [1.54, 1.807) is 57.8 Å². The van der Waals surface area contributed by atoms with Crippen LogP contribution >= 0.6 is 0 Å². The molecule has 16 fully saturated rings. The van der Waals surface area contributed by atoms with Crippen molar-refractivity contribution in [2.75, 3.05) is 20.6 Å². The molecule has 0 spiro atoms. The van der Waals surface area contributed by atoms with Gasteiger partial charge in [-0.3, -0.25) is 9.59 Å². The van der Waals surface area contributed by atoms with Gasteiger partial charge in [0.2, 0.25) is 0 Å². The summed E-state index contributed by atoms with van der Waals surface area (Å²) < 4.78 is 4.97. The Morgan fingerprint density at radius 3 is 0.869 bits per heavy atom. The summed E-state index contributed by atoms with van der Waals surface area (Å²) in [6.07, 6.45) is 105. The van der Waals surface area contributed by atoms with Gasteiger partial charge in [0.1, 0.15) is 11.9 Å². The number of hydrogen-bond acceptors (Lipinski definition) is 6. The number of hydrogen-bond donors (Lipinski definition) is 0. The number of nitrogens with zero attached hydrogens (tertiary/aromatic N) is 3. The quantitative estimate of drug-likeness (QED) is 0.116. The van der Waals surface area contributed by atoms with Crippen LogP contribution in [0.15, 0.2) is 12.7 Å². The van der Waals surface area contributed by atoms with Crippen molar-refractivity contribution in [3.8, 4) is 12.1 Å². The molecule has 0 aliphatic heterocycles. The fourth-order valence-corrected chi connectivity index (χ4v) is 19.6. The summed E-state index contributed by atoms with van der Waals surface area (Å²) in [7, 11) is 4.30. The van der Waals surface area contributed by atoms with Crippen LogP contribution in [0.3, 0.4) is 0 Å². The zero-order chi connectivity index (χ0) is 70.5. The minimum Gasteiger partial charge on any atom is -0.463 e. The van der Waals surface area contributed by atoms with E-state index in [-0.39, 0.29) is 149 Å². The number of ether oxygens (including phenoxy) is 1. The number of esters is 1. The Kier molecular flexibility index (Phi) is 92.7. The van der Waals surface area contributed by atoms with E-state index in [4.69, 9.17) is 15.3 Å². The molecule has 14 heteroatoms. The van der Waals surface area contributed by atoms with E-state index in [1.165, 1.54) is 373 Å². The Bertz CT molecular complexity index is 1740. The SMILES string of the molecule is C1CCC(C2CCCC2)C1.C1CCC(CC2CCCC2)C1.C1CCCC1.C1CCCC1.C1CCCC1.C1CCCC1.C1CCCC1.C1CCCC1.C=CC1CCCC1CN(C)C.CC(=O)OC1CCCC1.N#CC1CCCC1.N#CC1CCCC1.O=C(CCC1CCCC1)C1CCCC1.[Fe].[Fe].[Fe].[Fe].[Fe].[Fe].[Fe].[Fe]. The molecule has 107 heavy (non-hydrogen) atoms. The zero-order valence-corrected chi connectivity index (χ0v) is 78.5. The molecule has 16 aliphatic carbocycles. The first-order chi connectivity index (χ1) is 48.7. The Balaban J connectivity index is -0.000000354. The molecular formula is C93H169Fe8N3O3. The van der Waals surface area contributed by atoms with Crippen LogP contribution in [0.1, 0.15) is 469 Å². The van der Waals surface area contributed by atoms with Crippen LogP contribution in [0.5, 0.6) is 0 Å². The molecular weight excluding hydrogens is 1650 g/mol. The molecule has 16 rings (SSSR count). The first kappa shape index (κ1) is 118. The van der Waals surface area contributed by atoms with Crippen LogP contribution in [0.4, 0.5) is 0 Å². The summed E-state index contributed by atoms with van der Waals surface area (Å²) in [5, 5.41) is 16.6. The number of ketones is 1. The van der Waals surface area contributed by atoms with E-state index in [0.717, 1.165) is 86.4 Å². The van der Waals surface area contributed by atoms with Crippen LogP contribution in [-0.4, -0.2) is 43.4 Å². The van der Waals surface area contributed by atoms with Crippen LogP contribution in [0.25, 0.3) is 0 Å². The maximum absolute atomic E-state index is 11.8. The molecule has 16 saturated carbocycles. The molecule has 6 nitrogen and oxygen atoms in total. The van der Waals surface area contributed by atoms with E-state index in [1.807, 2.05) is 0 Å². The minimum absolute atomic E-state index is 0. The average Bonchev–Trinajstić information content (AvgIpc) is 1.76. The second kappa shape index (κ2) is 84.4. The van der Waals surface area contributed by atoms with Gasteiger partial charge >= 0.3 is 5.97 Å². The largest absolute Gasteiger partial charge is 0.463 e. The number of carbonyl (C=O) groups is 2. The van der Waals surface area contributed by atoms with Gasteiger partial charge in [-0.1, -0.05) is 372 Å².